The first-order valence-electron chi connectivity index (χ1n) is 12.3. The van der Waals surface area contributed by atoms with E-state index in [1.54, 1.807) is 49.4 Å². The third-order valence-electron chi connectivity index (χ3n) is 6.25. The summed E-state index contributed by atoms with van der Waals surface area (Å²) in [6.07, 6.45) is 0.702. The Bertz CT molecular complexity index is 1420. The number of sulfonamides is 1. The summed E-state index contributed by atoms with van der Waals surface area (Å²) in [7, 11) is -4.26. The molecule has 7 nitrogen and oxygen atoms in total. The normalized spacial score (nSPS) is 12.9. The summed E-state index contributed by atoms with van der Waals surface area (Å²) in [5, 5.41) is 3.63. The molecule has 3 aromatic rings. The van der Waals surface area contributed by atoms with Crippen molar-refractivity contribution in [2.24, 2.45) is 0 Å². The van der Waals surface area contributed by atoms with Crippen molar-refractivity contribution in [2.75, 3.05) is 10.8 Å². The summed E-state index contributed by atoms with van der Waals surface area (Å²) in [5.74, 6) is -1.000. The van der Waals surface area contributed by atoms with Gasteiger partial charge in [-0.3, -0.25) is 13.9 Å². The van der Waals surface area contributed by atoms with E-state index in [2.05, 4.69) is 5.32 Å². The number of rotatable bonds is 11. The SMILES string of the molecule is CC[C@H](C)NC(=O)[C@H](C)N(Cc1ccccc1Cl)C(=O)CN(c1cc(Cl)ccc1Cl)S(=O)(=O)c1ccccc1. The predicted molar refractivity (Wildman–Crippen MR) is 157 cm³/mol. The van der Waals surface area contributed by atoms with Crippen LogP contribution in [-0.4, -0.2) is 43.8 Å². The number of carbonyl (C=O) groups is 2. The van der Waals surface area contributed by atoms with Crippen LogP contribution < -0.4 is 9.62 Å². The molecule has 0 unspecified atom stereocenters. The number of hydrogen-bond donors (Lipinski definition) is 1. The molecule has 0 aliphatic heterocycles. The number of halogens is 3. The highest BCUT2D eigenvalue weighted by Crippen LogP contribution is 2.33. The molecule has 3 aromatic carbocycles. The molecule has 0 heterocycles. The van der Waals surface area contributed by atoms with Crippen LogP contribution in [0.15, 0.2) is 77.7 Å². The molecular weight excluding hydrogens is 581 g/mol. The number of anilines is 1. The van der Waals surface area contributed by atoms with E-state index in [4.69, 9.17) is 34.8 Å². The van der Waals surface area contributed by atoms with Gasteiger partial charge in [-0.25, -0.2) is 8.42 Å². The third-order valence-corrected chi connectivity index (χ3v) is 8.95. The van der Waals surface area contributed by atoms with Crippen LogP contribution in [0.1, 0.15) is 32.8 Å². The molecule has 0 aromatic heterocycles. The lowest BCUT2D eigenvalue weighted by Crippen LogP contribution is -2.52. The molecule has 3 rings (SSSR count). The highest BCUT2D eigenvalue weighted by molar-refractivity contribution is 7.92. The monoisotopic (exact) mass is 609 g/mol. The standard InChI is InChI=1S/C28H30Cl3N3O4S/c1-4-19(2)32-28(36)20(3)33(17-21-10-8-9-13-24(21)30)27(35)18-34(26-16-22(29)14-15-25(26)31)39(37,38)23-11-6-5-7-12-23/h5-16,19-20H,4,17-18H2,1-3H3,(H,32,36)/t19-,20-/m0/s1. The largest absolute Gasteiger partial charge is 0.352 e. The van der Waals surface area contributed by atoms with Gasteiger partial charge in [0.05, 0.1) is 15.6 Å². The molecule has 11 heteroatoms. The maximum absolute atomic E-state index is 13.9. The maximum atomic E-state index is 13.9. The Morgan fingerprint density at radius 1 is 0.897 bits per heavy atom. The molecule has 0 saturated carbocycles. The second-order valence-corrected chi connectivity index (χ2v) is 12.1. The molecule has 0 spiro atoms. The first-order valence-corrected chi connectivity index (χ1v) is 14.9. The van der Waals surface area contributed by atoms with Crippen molar-refractivity contribution < 1.29 is 18.0 Å². The molecule has 0 radical (unpaired) electrons. The van der Waals surface area contributed by atoms with Crippen molar-refractivity contribution in [2.45, 2.75) is 50.7 Å². The third kappa shape index (κ3) is 7.66. The number of carbonyl (C=O) groups excluding carboxylic acids is 2. The van der Waals surface area contributed by atoms with E-state index in [0.29, 0.717) is 17.0 Å². The van der Waals surface area contributed by atoms with Crippen LogP contribution in [0.3, 0.4) is 0 Å². The Morgan fingerprint density at radius 3 is 2.18 bits per heavy atom. The van der Waals surface area contributed by atoms with Crippen LogP contribution in [0.2, 0.25) is 15.1 Å². The fourth-order valence-electron chi connectivity index (χ4n) is 3.77. The highest BCUT2D eigenvalue weighted by Gasteiger charge is 2.34. The Morgan fingerprint density at radius 2 is 1.54 bits per heavy atom. The first kappa shape index (κ1) is 30.8. The zero-order valence-electron chi connectivity index (χ0n) is 21.8. The molecule has 208 valence electrons. The fraction of sp³-hybridized carbons (Fsp3) is 0.286. The van der Waals surface area contributed by atoms with Crippen molar-refractivity contribution in [3.05, 3.63) is 93.4 Å². The van der Waals surface area contributed by atoms with E-state index >= 15 is 0 Å². The number of nitrogens with one attached hydrogen (secondary N) is 1. The average Bonchev–Trinajstić information content (AvgIpc) is 2.92. The fourth-order valence-corrected chi connectivity index (χ4v) is 5.85. The van der Waals surface area contributed by atoms with Crippen molar-refractivity contribution >= 4 is 62.3 Å². The number of benzene rings is 3. The van der Waals surface area contributed by atoms with Crippen LogP contribution in [-0.2, 0) is 26.2 Å². The topological polar surface area (TPSA) is 86.8 Å². The molecule has 0 saturated heterocycles. The predicted octanol–water partition coefficient (Wildman–Crippen LogP) is 6.17. The lowest BCUT2D eigenvalue weighted by Gasteiger charge is -2.33. The first-order chi connectivity index (χ1) is 18.4. The van der Waals surface area contributed by atoms with Crippen molar-refractivity contribution in [3.63, 3.8) is 0 Å². The summed E-state index contributed by atoms with van der Waals surface area (Å²) in [4.78, 5) is 28.3. The van der Waals surface area contributed by atoms with Gasteiger partial charge in [0.15, 0.2) is 0 Å². The van der Waals surface area contributed by atoms with Crippen LogP contribution >= 0.6 is 34.8 Å². The zero-order valence-corrected chi connectivity index (χ0v) is 24.9. The number of nitrogens with zero attached hydrogens (tertiary/aromatic N) is 2. The minimum Gasteiger partial charge on any atom is -0.352 e. The molecule has 2 amide bonds. The van der Waals surface area contributed by atoms with Gasteiger partial charge < -0.3 is 10.2 Å². The van der Waals surface area contributed by atoms with Gasteiger partial charge in [0.1, 0.15) is 12.6 Å². The molecular formula is C28H30Cl3N3O4S. The van der Waals surface area contributed by atoms with E-state index < -0.39 is 28.5 Å². The van der Waals surface area contributed by atoms with Gasteiger partial charge >= 0.3 is 0 Å². The van der Waals surface area contributed by atoms with E-state index in [9.17, 15) is 18.0 Å². The highest BCUT2D eigenvalue weighted by atomic mass is 35.5. The van der Waals surface area contributed by atoms with Gasteiger partial charge in [0.2, 0.25) is 11.8 Å². The van der Waals surface area contributed by atoms with Crippen molar-refractivity contribution in [1.82, 2.24) is 10.2 Å². The summed E-state index contributed by atoms with van der Waals surface area (Å²) in [5.41, 5.74) is 0.643. The molecule has 0 aliphatic rings. The lowest BCUT2D eigenvalue weighted by atomic mass is 10.1. The van der Waals surface area contributed by atoms with Gasteiger partial charge in [-0.05, 0) is 62.2 Å². The van der Waals surface area contributed by atoms with Crippen LogP contribution in [0.25, 0.3) is 0 Å². The van der Waals surface area contributed by atoms with Crippen LogP contribution in [0, 0.1) is 0 Å². The van der Waals surface area contributed by atoms with Crippen LogP contribution in [0.4, 0.5) is 5.69 Å². The summed E-state index contributed by atoms with van der Waals surface area (Å²) >= 11 is 19.0. The van der Waals surface area contributed by atoms with Gasteiger partial charge in [-0.15, -0.1) is 0 Å². The molecule has 1 N–H and O–H groups in total. The van der Waals surface area contributed by atoms with Crippen molar-refractivity contribution in [3.8, 4) is 0 Å². The Labute approximate surface area is 244 Å². The van der Waals surface area contributed by atoms with Gasteiger partial charge in [-0.1, -0.05) is 78.1 Å². The second kappa shape index (κ2) is 13.5. The Hall–Kier alpha value is -2.78. The molecule has 0 fully saturated rings. The number of amides is 2. The molecule has 2 atom stereocenters. The lowest BCUT2D eigenvalue weighted by molar-refractivity contribution is -0.139. The minimum atomic E-state index is -4.26. The second-order valence-electron chi connectivity index (χ2n) is 9.03. The summed E-state index contributed by atoms with van der Waals surface area (Å²) < 4.78 is 28.5. The van der Waals surface area contributed by atoms with Gasteiger partial charge in [-0.2, -0.15) is 0 Å². The average molecular weight is 611 g/mol. The number of hydrogen-bond acceptors (Lipinski definition) is 4. The summed E-state index contributed by atoms with van der Waals surface area (Å²) in [6.45, 7) is 4.73. The summed E-state index contributed by atoms with van der Waals surface area (Å²) in [6, 6.07) is 18.0. The van der Waals surface area contributed by atoms with E-state index in [-0.39, 0.29) is 39.1 Å². The van der Waals surface area contributed by atoms with Crippen molar-refractivity contribution in [1.29, 1.82) is 0 Å². The quantitative estimate of drug-likeness (QED) is 0.281. The van der Waals surface area contributed by atoms with Gasteiger partial charge in [0.25, 0.3) is 10.0 Å². The maximum Gasteiger partial charge on any atom is 0.264 e. The Balaban J connectivity index is 2.07. The molecule has 0 aliphatic carbocycles. The Kier molecular flexibility index (Phi) is 10.7. The van der Waals surface area contributed by atoms with E-state index in [1.165, 1.54) is 35.2 Å². The molecule has 39 heavy (non-hydrogen) atoms. The van der Waals surface area contributed by atoms with Crippen LogP contribution in [0.5, 0.6) is 0 Å². The zero-order chi connectivity index (χ0) is 28.7. The van der Waals surface area contributed by atoms with Gasteiger partial charge in [0, 0.05) is 22.6 Å². The smallest absolute Gasteiger partial charge is 0.264 e. The molecule has 0 bridgehead atoms. The van der Waals surface area contributed by atoms with E-state index in [1.807, 2.05) is 13.8 Å². The minimum absolute atomic E-state index is 0.0178. The van der Waals surface area contributed by atoms with E-state index in [0.717, 1.165) is 4.31 Å².